The monoisotopic (exact) mass is 286 g/mol. The summed E-state index contributed by atoms with van der Waals surface area (Å²) >= 11 is 5.84. The summed E-state index contributed by atoms with van der Waals surface area (Å²) in [7, 11) is 1.42. The summed E-state index contributed by atoms with van der Waals surface area (Å²) in [5.41, 5.74) is 0.209. The minimum absolute atomic E-state index is 0.169. The summed E-state index contributed by atoms with van der Waals surface area (Å²) in [6.07, 6.45) is -0.268. The summed E-state index contributed by atoms with van der Waals surface area (Å²) in [5, 5.41) is 0.343. The molecule has 0 radical (unpaired) electrons. The molecule has 0 aromatic heterocycles. The Balaban J connectivity index is 3.05. The summed E-state index contributed by atoms with van der Waals surface area (Å²) in [6.45, 7) is 3.48. The van der Waals surface area contributed by atoms with Crippen molar-refractivity contribution in [1.82, 2.24) is 0 Å². The molecule has 0 heterocycles. The van der Waals surface area contributed by atoms with Gasteiger partial charge >= 0.3 is 5.97 Å². The molecule has 0 aliphatic rings. The molecule has 0 saturated carbocycles. The first-order valence-corrected chi connectivity index (χ1v) is 6.07. The minimum atomic E-state index is -0.853. The molecule has 1 aromatic rings. The predicted octanol–water partition coefficient (Wildman–Crippen LogP) is 2.49. The van der Waals surface area contributed by atoms with Crippen molar-refractivity contribution in [2.75, 3.05) is 13.7 Å². The van der Waals surface area contributed by atoms with Gasteiger partial charge in [0, 0.05) is 11.1 Å². The van der Waals surface area contributed by atoms with E-state index in [0.717, 1.165) is 0 Å². The third kappa shape index (κ3) is 3.86. The Hall–Kier alpha value is -1.75. The van der Waals surface area contributed by atoms with Gasteiger partial charge in [0.2, 0.25) is 0 Å². The van der Waals surface area contributed by atoms with Crippen molar-refractivity contribution in [3.05, 3.63) is 22.7 Å². The third-order valence-electron chi connectivity index (χ3n) is 2.31. The first-order valence-electron chi connectivity index (χ1n) is 5.69. The van der Waals surface area contributed by atoms with E-state index in [1.165, 1.54) is 26.2 Å². The number of esters is 1. The average Bonchev–Trinajstić information content (AvgIpc) is 2.40. The smallest absolute Gasteiger partial charge is 0.347 e. The number of ether oxygens (including phenoxy) is 3. The van der Waals surface area contributed by atoms with Gasteiger partial charge in [-0.05, 0) is 19.9 Å². The molecule has 0 bridgehead atoms. The highest BCUT2D eigenvalue weighted by Crippen LogP contribution is 2.34. The Morgan fingerprint density at radius 2 is 2.16 bits per heavy atom. The number of methoxy groups -OCH3 is 1. The fraction of sp³-hybridized carbons (Fsp3) is 0.385. The largest absolute Gasteiger partial charge is 0.493 e. The first kappa shape index (κ1) is 15.3. The van der Waals surface area contributed by atoms with Gasteiger partial charge in [0.05, 0.1) is 19.3 Å². The normalized spacial score (nSPS) is 11.6. The number of hydrogen-bond acceptors (Lipinski definition) is 5. The van der Waals surface area contributed by atoms with Crippen LogP contribution in [0.2, 0.25) is 5.02 Å². The van der Waals surface area contributed by atoms with E-state index in [1.54, 1.807) is 6.92 Å². The van der Waals surface area contributed by atoms with Gasteiger partial charge in [-0.3, -0.25) is 4.79 Å². The Kier molecular flexibility index (Phi) is 5.63. The SMILES string of the molecule is CCOC(=O)C(C)Oc1c(C=O)cc(Cl)cc1OC. The van der Waals surface area contributed by atoms with Crippen LogP contribution in [-0.2, 0) is 9.53 Å². The van der Waals surface area contributed by atoms with Crippen molar-refractivity contribution in [3.63, 3.8) is 0 Å². The Bertz CT molecular complexity index is 472. The van der Waals surface area contributed by atoms with Crippen molar-refractivity contribution >= 4 is 23.9 Å². The molecule has 0 aliphatic carbocycles. The van der Waals surface area contributed by atoms with E-state index in [4.69, 9.17) is 25.8 Å². The molecule has 19 heavy (non-hydrogen) atoms. The van der Waals surface area contributed by atoms with Crippen LogP contribution in [0, 0.1) is 0 Å². The highest BCUT2D eigenvalue weighted by molar-refractivity contribution is 6.31. The van der Waals surface area contributed by atoms with Gasteiger partial charge in [-0.2, -0.15) is 0 Å². The second-order valence-corrected chi connectivity index (χ2v) is 4.09. The molecule has 0 amide bonds. The van der Waals surface area contributed by atoms with Crippen molar-refractivity contribution in [3.8, 4) is 11.5 Å². The van der Waals surface area contributed by atoms with Crippen LogP contribution in [0.25, 0.3) is 0 Å². The number of benzene rings is 1. The molecule has 1 aromatic carbocycles. The summed E-state index contributed by atoms with van der Waals surface area (Å²) in [4.78, 5) is 22.5. The molecule has 104 valence electrons. The lowest BCUT2D eigenvalue weighted by atomic mass is 10.2. The molecule has 1 rings (SSSR count). The van der Waals surface area contributed by atoms with Crippen LogP contribution in [0.15, 0.2) is 12.1 Å². The second-order valence-electron chi connectivity index (χ2n) is 3.66. The van der Waals surface area contributed by atoms with E-state index in [-0.39, 0.29) is 23.7 Å². The van der Waals surface area contributed by atoms with Gasteiger partial charge in [0.15, 0.2) is 23.9 Å². The standard InChI is InChI=1S/C13H15ClO5/c1-4-18-13(16)8(2)19-12-9(7-15)5-10(14)6-11(12)17-3/h5-8H,4H2,1-3H3. The maximum Gasteiger partial charge on any atom is 0.347 e. The Morgan fingerprint density at radius 3 is 2.68 bits per heavy atom. The second kappa shape index (κ2) is 6.99. The van der Waals surface area contributed by atoms with E-state index in [2.05, 4.69) is 0 Å². The maximum absolute atomic E-state index is 11.5. The van der Waals surface area contributed by atoms with Crippen molar-refractivity contribution in [1.29, 1.82) is 0 Å². The third-order valence-corrected chi connectivity index (χ3v) is 2.53. The highest BCUT2D eigenvalue weighted by atomic mass is 35.5. The van der Waals surface area contributed by atoms with Crippen LogP contribution < -0.4 is 9.47 Å². The highest BCUT2D eigenvalue weighted by Gasteiger charge is 2.20. The van der Waals surface area contributed by atoms with Crippen LogP contribution in [-0.4, -0.2) is 32.1 Å². The predicted molar refractivity (Wildman–Crippen MR) is 70.1 cm³/mol. The topological polar surface area (TPSA) is 61.8 Å². The zero-order chi connectivity index (χ0) is 14.4. The summed E-state index contributed by atoms with van der Waals surface area (Å²) < 4.78 is 15.4. The molecule has 0 aliphatic heterocycles. The zero-order valence-corrected chi connectivity index (χ0v) is 11.7. The van der Waals surface area contributed by atoms with Crippen LogP contribution >= 0.6 is 11.6 Å². The van der Waals surface area contributed by atoms with Crippen LogP contribution in [0.5, 0.6) is 11.5 Å². The van der Waals surface area contributed by atoms with Crippen molar-refractivity contribution in [2.24, 2.45) is 0 Å². The van der Waals surface area contributed by atoms with Crippen molar-refractivity contribution in [2.45, 2.75) is 20.0 Å². The van der Waals surface area contributed by atoms with E-state index in [0.29, 0.717) is 11.3 Å². The first-order chi connectivity index (χ1) is 9.03. The summed E-state index contributed by atoms with van der Waals surface area (Å²) in [5.74, 6) is -0.0652. The fourth-order valence-corrected chi connectivity index (χ4v) is 1.66. The van der Waals surface area contributed by atoms with Gasteiger partial charge in [0.25, 0.3) is 0 Å². The quantitative estimate of drug-likeness (QED) is 0.594. The van der Waals surface area contributed by atoms with E-state index in [9.17, 15) is 9.59 Å². The number of hydrogen-bond donors (Lipinski definition) is 0. The molecular weight excluding hydrogens is 272 g/mol. The van der Waals surface area contributed by atoms with Gasteiger partial charge in [-0.15, -0.1) is 0 Å². The number of halogens is 1. The molecule has 0 saturated heterocycles. The van der Waals surface area contributed by atoms with E-state index < -0.39 is 12.1 Å². The molecule has 6 heteroatoms. The van der Waals surface area contributed by atoms with E-state index >= 15 is 0 Å². The molecule has 0 fully saturated rings. The Labute approximate surface area is 116 Å². The lowest BCUT2D eigenvalue weighted by Crippen LogP contribution is -2.26. The van der Waals surface area contributed by atoms with Crippen LogP contribution in [0.1, 0.15) is 24.2 Å². The van der Waals surface area contributed by atoms with Crippen LogP contribution in [0.3, 0.4) is 0 Å². The number of carbonyl (C=O) groups is 2. The lowest BCUT2D eigenvalue weighted by Gasteiger charge is -2.17. The molecule has 0 spiro atoms. The number of aldehydes is 1. The molecule has 1 unspecified atom stereocenters. The number of carbonyl (C=O) groups excluding carboxylic acids is 2. The average molecular weight is 287 g/mol. The maximum atomic E-state index is 11.5. The zero-order valence-electron chi connectivity index (χ0n) is 10.9. The molecular formula is C13H15ClO5. The van der Waals surface area contributed by atoms with Gasteiger partial charge < -0.3 is 14.2 Å². The summed E-state index contributed by atoms with van der Waals surface area (Å²) in [6, 6.07) is 2.94. The lowest BCUT2D eigenvalue weighted by molar-refractivity contribution is -0.150. The molecule has 1 atom stereocenters. The minimum Gasteiger partial charge on any atom is -0.493 e. The Morgan fingerprint density at radius 1 is 1.47 bits per heavy atom. The van der Waals surface area contributed by atoms with Gasteiger partial charge in [-0.1, -0.05) is 11.6 Å². The van der Waals surface area contributed by atoms with Crippen molar-refractivity contribution < 1.29 is 23.8 Å². The molecule has 5 nitrogen and oxygen atoms in total. The van der Waals surface area contributed by atoms with E-state index in [1.807, 2.05) is 0 Å². The van der Waals surface area contributed by atoms with Gasteiger partial charge in [0.1, 0.15) is 0 Å². The fourth-order valence-electron chi connectivity index (χ4n) is 1.44. The number of rotatable bonds is 6. The van der Waals surface area contributed by atoms with Gasteiger partial charge in [-0.25, -0.2) is 4.79 Å². The van der Waals surface area contributed by atoms with Crippen LogP contribution in [0.4, 0.5) is 0 Å². The molecule has 0 N–H and O–H groups in total.